The van der Waals surface area contributed by atoms with Crippen LogP contribution in [0.25, 0.3) is 5.69 Å². The van der Waals surface area contributed by atoms with Gasteiger partial charge in [0.05, 0.1) is 11.4 Å². The van der Waals surface area contributed by atoms with Crippen LogP contribution in [0.3, 0.4) is 0 Å². The Hall–Kier alpha value is -2.41. The van der Waals surface area contributed by atoms with E-state index in [9.17, 15) is 4.79 Å². The summed E-state index contributed by atoms with van der Waals surface area (Å²) in [5.74, 6) is 0.253. The van der Waals surface area contributed by atoms with E-state index < -0.39 is 0 Å². The average molecular weight is 343 g/mol. The predicted octanol–water partition coefficient (Wildman–Crippen LogP) is 2.57. The van der Waals surface area contributed by atoms with Gasteiger partial charge in [0.2, 0.25) is 11.1 Å². The summed E-state index contributed by atoms with van der Waals surface area (Å²) in [7, 11) is 0. The molecule has 1 amide bonds. The molecule has 0 unspecified atom stereocenters. The fraction of sp³-hybridized carbons (Fsp3) is 0.294. The summed E-state index contributed by atoms with van der Waals surface area (Å²) in [4.78, 5) is 14.0. The number of hydrogen-bond donors (Lipinski definition) is 0. The van der Waals surface area contributed by atoms with E-state index in [0.29, 0.717) is 18.2 Å². The molecule has 0 saturated carbocycles. The second-order valence-electron chi connectivity index (χ2n) is 5.28. The van der Waals surface area contributed by atoms with Crippen LogP contribution in [0.15, 0.2) is 48.7 Å². The van der Waals surface area contributed by atoms with Gasteiger partial charge in [-0.05, 0) is 35.4 Å². The molecule has 126 valence electrons. The Kier molecular flexibility index (Phi) is 6.31. The van der Waals surface area contributed by atoms with Crippen molar-refractivity contribution in [1.29, 1.82) is 0 Å². The molecule has 0 radical (unpaired) electrons. The summed E-state index contributed by atoms with van der Waals surface area (Å²) in [6, 6.07) is 6.02. The van der Waals surface area contributed by atoms with Crippen LogP contribution >= 0.6 is 11.8 Å². The third kappa shape index (κ3) is 4.11. The largest absolute Gasteiger partial charge is 0.335 e. The van der Waals surface area contributed by atoms with Crippen molar-refractivity contribution in [3.8, 4) is 5.69 Å². The monoisotopic (exact) mass is 343 g/mol. The molecule has 0 saturated heterocycles. The summed E-state index contributed by atoms with van der Waals surface area (Å²) in [5, 5.41) is 12.5. The third-order valence-corrected chi connectivity index (χ3v) is 4.37. The number of carbonyl (C=O) groups excluding carboxylic acids is 1. The van der Waals surface area contributed by atoms with Crippen molar-refractivity contribution in [2.45, 2.75) is 19.0 Å². The number of carbonyl (C=O) groups is 1. The second kappa shape index (κ2) is 8.44. The average Bonchev–Trinajstić information content (AvgIpc) is 3.00. The van der Waals surface area contributed by atoms with E-state index in [1.165, 1.54) is 11.8 Å². The lowest BCUT2D eigenvalue weighted by Crippen LogP contribution is -2.32. The van der Waals surface area contributed by atoms with Crippen molar-refractivity contribution < 1.29 is 4.79 Å². The van der Waals surface area contributed by atoms with Gasteiger partial charge in [-0.2, -0.15) is 4.68 Å². The smallest absolute Gasteiger partial charge is 0.233 e. The van der Waals surface area contributed by atoms with Crippen molar-refractivity contribution in [1.82, 2.24) is 25.1 Å². The standard InChI is InChI=1S/C17H21N5OS/c1-5-10-21(11-6-2)15(23)12-24-17-18-19-20-22(17)16-13(3)8-7-9-14(16)4/h5-9H,1-2,10-12H2,3-4H3. The summed E-state index contributed by atoms with van der Waals surface area (Å²) < 4.78 is 1.69. The zero-order chi connectivity index (χ0) is 17.5. The lowest BCUT2D eigenvalue weighted by Gasteiger charge is -2.18. The zero-order valence-corrected chi connectivity index (χ0v) is 14.8. The van der Waals surface area contributed by atoms with E-state index in [1.807, 2.05) is 32.0 Å². The molecule has 24 heavy (non-hydrogen) atoms. The molecule has 7 heteroatoms. The minimum absolute atomic E-state index is 0.00384. The maximum Gasteiger partial charge on any atom is 0.233 e. The molecular weight excluding hydrogens is 322 g/mol. The summed E-state index contributed by atoms with van der Waals surface area (Å²) in [6.45, 7) is 12.4. The molecule has 1 heterocycles. The third-order valence-electron chi connectivity index (χ3n) is 3.47. The SMILES string of the molecule is C=CCN(CC=C)C(=O)CSc1nnnn1-c1c(C)cccc1C. The van der Waals surface area contributed by atoms with Crippen molar-refractivity contribution in [3.05, 3.63) is 54.6 Å². The zero-order valence-electron chi connectivity index (χ0n) is 14.0. The number of rotatable bonds is 8. The van der Waals surface area contributed by atoms with Crippen LogP contribution in [-0.4, -0.2) is 49.9 Å². The number of amides is 1. The Bertz CT molecular complexity index is 710. The minimum Gasteiger partial charge on any atom is -0.335 e. The predicted molar refractivity (Wildman–Crippen MR) is 96.3 cm³/mol. The van der Waals surface area contributed by atoms with Crippen LogP contribution in [-0.2, 0) is 4.79 Å². The first kappa shape index (κ1) is 17.9. The van der Waals surface area contributed by atoms with Crippen LogP contribution in [0.2, 0.25) is 0 Å². The number of nitrogens with zero attached hydrogens (tertiary/aromatic N) is 5. The highest BCUT2D eigenvalue weighted by Crippen LogP contribution is 2.23. The van der Waals surface area contributed by atoms with Crippen LogP contribution in [0.1, 0.15) is 11.1 Å². The highest BCUT2D eigenvalue weighted by atomic mass is 32.2. The van der Waals surface area contributed by atoms with Gasteiger partial charge in [0.15, 0.2) is 0 Å². The first-order valence-corrected chi connectivity index (χ1v) is 8.54. The fourth-order valence-corrected chi connectivity index (χ4v) is 3.14. The molecule has 1 aromatic carbocycles. The Morgan fingerprint density at radius 1 is 1.25 bits per heavy atom. The van der Waals surface area contributed by atoms with E-state index in [4.69, 9.17) is 0 Å². The van der Waals surface area contributed by atoms with Crippen molar-refractivity contribution in [2.24, 2.45) is 0 Å². The molecule has 0 fully saturated rings. The lowest BCUT2D eigenvalue weighted by atomic mass is 10.1. The van der Waals surface area contributed by atoms with Crippen molar-refractivity contribution in [2.75, 3.05) is 18.8 Å². The Morgan fingerprint density at radius 2 is 1.88 bits per heavy atom. The minimum atomic E-state index is -0.00384. The number of hydrogen-bond acceptors (Lipinski definition) is 5. The molecule has 2 aromatic rings. The number of tetrazole rings is 1. The van der Waals surface area contributed by atoms with Gasteiger partial charge in [-0.15, -0.1) is 18.3 Å². The molecule has 0 atom stereocenters. The van der Waals surface area contributed by atoms with Crippen molar-refractivity contribution in [3.63, 3.8) is 0 Å². The number of aromatic nitrogens is 4. The molecule has 1 aromatic heterocycles. The topological polar surface area (TPSA) is 63.9 Å². The fourth-order valence-electron chi connectivity index (χ4n) is 2.36. The van der Waals surface area contributed by atoms with E-state index in [-0.39, 0.29) is 11.7 Å². The molecular formula is C17H21N5OS. The van der Waals surface area contributed by atoms with Crippen LogP contribution in [0.4, 0.5) is 0 Å². The molecule has 0 N–H and O–H groups in total. The van der Waals surface area contributed by atoms with Gasteiger partial charge >= 0.3 is 0 Å². The van der Waals surface area contributed by atoms with Gasteiger partial charge in [-0.1, -0.05) is 42.1 Å². The summed E-state index contributed by atoms with van der Waals surface area (Å²) in [5.41, 5.74) is 3.11. The maximum absolute atomic E-state index is 12.3. The molecule has 0 bridgehead atoms. The highest BCUT2D eigenvalue weighted by Gasteiger charge is 2.17. The molecule has 2 rings (SSSR count). The van der Waals surface area contributed by atoms with E-state index in [0.717, 1.165) is 16.8 Å². The van der Waals surface area contributed by atoms with Crippen LogP contribution in [0, 0.1) is 13.8 Å². The summed E-state index contributed by atoms with van der Waals surface area (Å²) >= 11 is 1.32. The number of benzene rings is 1. The molecule has 0 spiro atoms. The van der Waals surface area contributed by atoms with Gasteiger partial charge in [0, 0.05) is 13.1 Å². The van der Waals surface area contributed by atoms with Crippen molar-refractivity contribution >= 4 is 17.7 Å². The normalized spacial score (nSPS) is 10.4. The van der Waals surface area contributed by atoms with E-state index in [2.05, 4.69) is 28.7 Å². The number of para-hydroxylation sites is 1. The van der Waals surface area contributed by atoms with Crippen LogP contribution < -0.4 is 0 Å². The Labute approximate surface area is 146 Å². The molecule has 0 aliphatic heterocycles. The number of thioether (sulfide) groups is 1. The van der Waals surface area contributed by atoms with Crippen LogP contribution in [0.5, 0.6) is 0 Å². The Morgan fingerprint density at radius 3 is 2.46 bits per heavy atom. The van der Waals surface area contributed by atoms with Gasteiger partial charge in [-0.25, -0.2) is 0 Å². The first-order valence-electron chi connectivity index (χ1n) is 7.55. The van der Waals surface area contributed by atoms with Gasteiger partial charge in [-0.3, -0.25) is 4.79 Å². The summed E-state index contributed by atoms with van der Waals surface area (Å²) in [6.07, 6.45) is 3.40. The van der Waals surface area contributed by atoms with E-state index >= 15 is 0 Å². The molecule has 0 aliphatic rings. The van der Waals surface area contributed by atoms with E-state index in [1.54, 1.807) is 21.7 Å². The second-order valence-corrected chi connectivity index (χ2v) is 6.22. The van der Waals surface area contributed by atoms with Gasteiger partial charge in [0.1, 0.15) is 0 Å². The van der Waals surface area contributed by atoms with Gasteiger partial charge in [0.25, 0.3) is 0 Å². The molecule has 0 aliphatic carbocycles. The quantitative estimate of drug-likeness (QED) is 0.544. The lowest BCUT2D eigenvalue weighted by molar-refractivity contribution is -0.127. The first-order chi connectivity index (χ1) is 11.6. The highest BCUT2D eigenvalue weighted by molar-refractivity contribution is 7.99. The van der Waals surface area contributed by atoms with Gasteiger partial charge < -0.3 is 4.90 Å². The maximum atomic E-state index is 12.3. The number of aryl methyl sites for hydroxylation is 2. The Balaban J connectivity index is 2.15. The molecule has 6 nitrogen and oxygen atoms in total.